The summed E-state index contributed by atoms with van der Waals surface area (Å²) in [4.78, 5) is 12.3. The number of hydrazone groups is 1. The van der Waals surface area contributed by atoms with Crippen molar-refractivity contribution in [2.24, 2.45) is 5.10 Å². The lowest BCUT2D eigenvalue weighted by molar-refractivity contribution is -0.120. The van der Waals surface area contributed by atoms with Crippen LogP contribution in [0, 0.1) is 11.3 Å². The van der Waals surface area contributed by atoms with Crippen molar-refractivity contribution in [3.05, 3.63) is 113 Å². The molecule has 0 aliphatic heterocycles. The molecular weight excluding hydrogens is 398 g/mol. The van der Waals surface area contributed by atoms with Crippen molar-refractivity contribution in [1.82, 2.24) is 5.43 Å². The van der Waals surface area contributed by atoms with Gasteiger partial charge in [-0.25, -0.2) is 5.43 Å². The number of amides is 1. The highest BCUT2D eigenvalue weighted by Gasteiger charge is 2.06. The van der Waals surface area contributed by atoms with E-state index in [1.165, 1.54) is 0 Å². The number of fused-ring (bicyclic) bond motifs is 1. The quantitative estimate of drug-likeness (QED) is 0.339. The molecule has 4 aromatic carbocycles. The van der Waals surface area contributed by atoms with Crippen molar-refractivity contribution in [3.63, 3.8) is 0 Å². The average Bonchev–Trinajstić information content (AvgIpc) is 2.84. The van der Waals surface area contributed by atoms with Crippen LogP contribution in [-0.2, 0) is 17.8 Å². The molecule has 0 saturated heterocycles. The number of rotatable bonds is 7. The van der Waals surface area contributed by atoms with Crippen molar-refractivity contribution >= 4 is 22.9 Å². The number of carbonyl (C=O) groups is 1. The molecule has 0 spiro atoms. The van der Waals surface area contributed by atoms with Crippen LogP contribution in [0.25, 0.3) is 10.8 Å². The maximum Gasteiger partial charge on any atom is 0.244 e. The molecule has 0 radical (unpaired) electrons. The molecule has 5 nitrogen and oxygen atoms in total. The molecular formula is C27H21N3O2. The van der Waals surface area contributed by atoms with Crippen LogP contribution >= 0.6 is 0 Å². The number of nitriles is 1. The largest absolute Gasteiger partial charge is 0.489 e. The zero-order valence-electron chi connectivity index (χ0n) is 17.4. The molecule has 0 aromatic heterocycles. The van der Waals surface area contributed by atoms with Gasteiger partial charge in [0.1, 0.15) is 12.4 Å². The van der Waals surface area contributed by atoms with Crippen molar-refractivity contribution in [3.8, 4) is 11.8 Å². The highest BCUT2D eigenvalue weighted by molar-refractivity contribution is 5.90. The van der Waals surface area contributed by atoms with Crippen LogP contribution in [0.3, 0.4) is 0 Å². The molecule has 156 valence electrons. The van der Waals surface area contributed by atoms with Crippen molar-refractivity contribution in [2.75, 3.05) is 0 Å². The number of benzene rings is 4. The van der Waals surface area contributed by atoms with Gasteiger partial charge in [0.2, 0.25) is 5.91 Å². The van der Waals surface area contributed by atoms with E-state index in [2.05, 4.69) is 16.6 Å². The van der Waals surface area contributed by atoms with Crippen LogP contribution < -0.4 is 10.2 Å². The minimum absolute atomic E-state index is 0.172. The second-order valence-electron chi connectivity index (χ2n) is 7.23. The van der Waals surface area contributed by atoms with Gasteiger partial charge in [-0.05, 0) is 52.2 Å². The molecule has 1 N–H and O–H groups in total. The summed E-state index contributed by atoms with van der Waals surface area (Å²) >= 11 is 0. The molecule has 4 rings (SSSR count). The monoisotopic (exact) mass is 419 g/mol. The fourth-order valence-corrected chi connectivity index (χ4v) is 3.40. The molecule has 5 heteroatoms. The fraction of sp³-hybridized carbons (Fsp3) is 0.0741. The lowest BCUT2D eigenvalue weighted by atomic mass is 10.0. The Morgan fingerprint density at radius 2 is 1.62 bits per heavy atom. The van der Waals surface area contributed by atoms with Crippen molar-refractivity contribution in [1.29, 1.82) is 5.26 Å². The summed E-state index contributed by atoms with van der Waals surface area (Å²) in [6.45, 7) is 0.321. The highest BCUT2D eigenvalue weighted by atomic mass is 16.5. The Morgan fingerprint density at radius 3 is 2.47 bits per heavy atom. The second-order valence-corrected chi connectivity index (χ2v) is 7.23. The minimum Gasteiger partial charge on any atom is -0.489 e. The van der Waals surface area contributed by atoms with E-state index in [-0.39, 0.29) is 12.3 Å². The number of hydrogen-bond donors (Lipinski definition) is 1. The lowest BCUT2D eigenvalue weighted by Gasteiger charge is -2.07. The molecule has 0 saturated carbocycles. The molecule has 32 heavy (non-hydrogen) atoms. The third kappa shape index (κ3) is 5.18. The third-order valence-electron chi connectivity index (χ3n) is 5.05. The summed E-state index contributed by atoms with van der Waals surface area (Å²) in [5, 5.41) is 15.4. The molecule has 0 aliphatic rings. The molecule has 1 amide bonds. The van der Waals surface area contributed by atoms with Gasteiger partial charge in [0.05, 0.1) is 24.3 Å². The zero-order chi connectivity index (χ0) is 22.2. The predicted octanol–water partition coefficient (Wildman–Crippen LogP) is 4.98. The maximum atomic E-state index is 12.3. The fourth-order valence-electron chi connectivity index (χ4n) is 3.40. The predicted molar refractivity (Wildman–Crippen MR) is 125 cm³/mol. The van der Waals surface area contributed by atoms with E-state index >= 15 is 0 Å². The van der Waals surface area contributed by atoms with Crippen LogP contribution in [0.4, 0.5) is 0 Å². The highest BCUT2D eigenvalue weighted by Crippen LogP contribution is 2.19. The number of nitrogens with zero attached hydrogens (tertiary/aromatic N) is 2. The summed E-state index contributed by atoms with van der Waals surface area (Å²) in [6, 6.07) is 30.8. The van der Waals surface area contributed by atoms with Gasteiger partial charge in [-0.2, -0.15) is 10.4 Å². The molecule has 0 atom stereocenters. The van der Waals surface area contributed by atoms with E-state index in [0.717, 1.165) is 27.5 Å². The Balaban J connectivity index is 1.31. The van der Waals surface area contributed by atoms with Gasteiger partial charge < -0.3 is 4.74 Å². The van der Waals surface area contributed by atoms with Crippen LogP contribution in [0.15, 0.2) is 96.1 Å². The Hall–Kier alpha value is -4.43. The molecule has 0 aliphatic carbocycles. The first-order valence-electron chi connectivity index (χ1n) is 10.2. The van der Waals surface area contributed by atoms with E-state index in [1.54, 1.807) is 12.3 Å². The van der Waals surface area contributed by atoms with Gasteiger partial charge in [0.15, 0.2) is 0 Å². The lowest BCUT2D eigenvalue weighted by Crippen LogP contribution is -2.19. The van der Waals surface area contributed by atoms with E-state index in [0.29, 0.717) is 17.9 Å². The maximum absolute atomic E-state index is 12.3. The number of carbonyl (C=O) groups excluding carboxylic acids is 1. The Bertz CT molecular complexity index is 1300. The van der Waals surface area contributed by atoms with Crippen molar-refractivity contribution in [2.45, 2.75) is 13.0 Å². The SMILES string of the molecule is N#Cc1ccccc1COc1ccc(/C=N\NC(=O)Cc2cccc3ccccc23)cc1. The van der Waals surface area contributed by atoms with Gasteiger partial charge in [-0.1, -0.05) is 60.7 Å². The second kappa shape index (κ2) is 10.1. The molecule has 0 fully saturated rings. The van der Waals surface area contributed by atoms with Gasteiger partial charge >= 0.3 is 0 Å². The van der Waals surface area contributed by atoms with E-state index in [1.807, 2.05) is 84.9 Å². The van der Waals surface area contributed by atoms with Gasteiger partial charge in [0, 0.05) is 5.56 Å². The standard InChI is InChI=1S/C27H21N3O2/c28-17-23-7-1-2-8-24(23)19-32-25-14-12-20(13-15-25)18-29-30-27(31)16-22-10-5-9-21-6-3-4-11-26(21)22/h1-15,18H,16,19H2,(H,30,31)/b29-18-. The number of nitrogens with one attached hydrogen (secondary N) is 1. The van der Waals surface area contributed by atoms with E-state index in [9.17, 15) is 4.79 Å². The van der Waals surface area contributed by atoms with Crippen molar-refractivity contribution < 1.29 is 9.53 Å². The smallest absolute Gasteiger partial charge is 0.244 e. The van der Waals surface area contributed by atoms with E-state index < -0.39 is 0 Å². The first-order valence-corrected chi connectivity index (χ1v) is 10.2. The first kappa shape index (κ1) is 20.8. The average molecular weight is 419 g/mol. The first-order chi connectivity index (χ1) is 15.7. The topological polar surface area (TPSA) is 74.5 Å². The number of hydrogen-bond acceptors (Lipinski definition) is 4. The van der Waals surface area contributed by atoms with Crippen LogP contribution in [0.5, 0.6) is 5.75 Å². The molecule has 4 aromatic rings. The minimum atomic E-state index is -0.172. The third-order valence-corrected chi connectivity index (χ3v) is 5.05. The Kier molecular flexibility index (Phi) is 6.54. The van der Waals surface area contributed by atoms with Crippen LogP contribution in [-0.4, -0.2) is 12.1 Å². The number of ether oxygens (including phenoxy) is 1. The summed E-state index contributed by atoms with van der Waals surface area (Å²) in [7, 11) is 0. The molecule has 0 bridgehead atoms. The molecule has 0 unspecified atom stereocenters. The zero-order valence-corrected chi connectivity index (χ0v) is 17.4. The summed E-state index contributed by atoms with van der Waals surface area (Å²) in [5.74, 6) is 0.517. The molecule has 0 heterocycles. The van der Waals surface area contributed by atoms with E-state index in [4.69, 9.17) is 10.00 Å². The normalized spacial score (nSPS) is 10.7. The summed E-state index contributed by atoms with van der Waals surface area (Å²) in [5.41, 5.74) is 5.84. The van der Waals surface area contributed by atoms with Crippen LogP contribution in [0.1, 0.15) is 22.3 Å². The van der Waals surface area contributed by atoms with Gasteiger partial charge in [-0.3, -0.25) is 4.79 Å². The van der Waals surface area contributed by atoms with Crippen LogP contribution in [0.2, 0.25) is 0 Å². The summed E-state index contributed by atoms with van der Waals surface area (Å²) < 4.78 is 5.77. The van der Waals surface area contributed by atoms with Gasteiger partial charge in [-0.15, -0.1) is 0 Å². The Morgan fingerprint density at radius 1 is 0.906 bits per heavy atom. The van der Waals surface area contributed by atoms with Gasteiger partial charge in [0.25, 0.3) is 0 Å². The Labute approximate surface area is 186 Å². The summed E-state index contributed by atoms with van der Waals surface area (Å²) in [6.07, 6.45) is 1.85.